The molecule has 32 heavy (non-hydrogen) atoms. The Bertz CT molecular complexity index is 1190. The molecule has 0 saturated carbocycles. The number of nitrogens with two attached hydrogens (primary N) is 1. The number of anilines is 2. The lowest BCUT2D eigenvalue weighted by molar-refractivity contribution is -0.138. The smallest absolute Gasteiger partial charge is 0.326 e. The predicted octanol–water partition coefficient (Wildman–Crippen LogP) is 4.07. The molecule has 1 amide bonds. The van der Waals surface area contributed by atoms with Gasteiger partial charge in [-0.15, -0.1) is 0 Å². The van der Waals surface area contributed by atoms with E-state index in [2.05, 4.69) is 10.7 Å². The predicted molar refractivity (Wildman–Crippen MR) is 124 cm³/mol. The first-order valence-corrected chi connectivity index (χ1v) is 11.5. The molecule has 0 unspecified atom stereocenters. The van der Waals surface area contributed by atoms with Crippen LogP contribution in [0.5, 0.6) is 5.75 Å². The number of thiophene rings is 1. The van der Waals surface area contributed by atoms with Gasteiger partial charge in [0.15, 0.2) is 0 Å². The molecule has 0 bridgehead atoms. The Morgan fingerprint density at radius 2 is 2.00 bits per heavy atom. The Kier molecular flexibility index (Phi) is 5.32. The van der Waals surface area contributed by atoms with Crippen molar-refractivity contribution in [3.8, 4) is 16.9 Å². The number of rotatable bonds is 5. The van der Waals surface area contributed by atoms with Crippen LogP contribution in [0.15, 0.2) is 47.2 Å². The normalized spacial score (nSPS) is 16.8. The molecule has 8 heteroatoms. The van der Waals surface area contributed by atoms with Gasteiger partial charge in [0.25, 0.3) is 5.91 Å². The average Bonchev–Trinajstić information content (AvgIpc) is 3.48. The van der Waals surface area contributed by atoms with E-state index in [0.717, 1.165) is 28.7 Å². The van der Waals surface area contributed by atoms with Gasteiger partial charge in [0, 0.05) is 41.5 Å². The molecule has 4 N–H and O–H groups in total. The lowest BCUT2D eigenvalue weighted by atomic mass is 9.97. The van der Waals surface area contributed by atoms with Gasteiger partial charge in [-0.2, -0.15) is 11.3 Å². The molecule has 5 rings (SSSR count). The monoisotopic (exact) mass is 449 g/mol. The molecule has 3 heterocycles. The number of carbonyl (C=O) groups excluding carboxylic acids is 1. The van der Waals surface area contributed by atoms with Crippen LogP contribution in [0.2, 0.25) is 0 Å². The van der Waals surface area contributed by atoms with E-state index in [1.807, 2.05) is 46.7 Å². The van der Waals surface area contributed by atoms with Gasteiger partial charge in [-0.3, -0.25) is 4.79 Å². The third-order valence-corrected chi connectivity index (χ3v) is 6.85. The van der Waals surface area contributed by atoms with Crippen LogP contribution in [0, 0.1) is 0 Å². The van der Waals surface area contributed by atoms with Gasteiger partial charge in [-0.05, 0) is 47.4 Å². The molecule has 1 atom stereocenters. The number of aliphatic carboxylic acids is 1. The van der Waals surface area contributed by atoms with E-state index in [1.54, 1.807) is 11.3 Å². The zero-order chi connectivity index (χ0) is 22.2. The van der Waals surface area contributed by atoms with Crippen LogP contribution >= 0.6 is 11.3 Å². The Hall–Kier alpha value is -3.36. The highest BCUT2D eigenvalue weighted by atomic mass is 32.1. The largest absolute Gasteiger partial charge is 0.488 e. The van der Waals surface area contributed by atoms with E-state index >= 15 is 0 Å². The lowest BCUT2D eigenvalue weighted by Gasteiger charge is -2.28. The Balaban J connectivity index is 1.58. The highest BCUT2D eigenvalue weighted by molar-refractivity contribution is 7.08. The molecule has 2 aromatic carbocycles. The van der Waals surface area contributed by atoms with Gasteiger partial charge in [0.1, 0.15) is 18.4 Å². The first-order valence-electron chi connectivity index (χ1n) is 10.5. The number of carboxylic acid groups (broad SMARTS) is 1. The van der Waals surface area contributed by atoms with Crippen molar-refractivity contribution < 1.29 is 19.4 Å². The number of hydrogen-bond donors (Lipinski definition) is 3. The minimum atomic E-state index is -0.884. The summed E-state index contributed by atoms with van der Waals surface area (Å²) in [6, 6.07) is 10.4. The average molecular weight is 450 g/mol. The number of nitrogens with one attached hydrogen (secondary N) is 1. The number of nitrogens with zero attached hydrogens (tertiary/aromatic N) is 1. The first-order chi connectivity index (χ1) is 15.5. The molecule has 1 aromatic heterocycles. The van der Waals surface area contributed by atoms with Gasteiger partial charge in [-0.25, -0.2) is 4.79 Å². The van der Waals surface area contributed by atoms with Crippen LogP contribution in [0.25, 0.3) is 11.1 Å². The van der Waals surface area contributed by atoms with Crippen LogP contribution in [0.1, 0.15) is 34.3 Å². The molecule has 0 radical (unpaired) electrons. The van der Waals surface area contributed by atoms with Gasteiger partial charge >= 0.3 is 5.97 Å². The minimum Gasteiger partial charge on any atom is -0.488 e. The zero-order valence-electron chi connectivity index (χ0n) is 17.3. The van der Waals surface area contributed by atoms with Crippen molar-refractivity contribution in [2.45, 2.75) is 32.0 Å². The zero-order valence-corrected chi connectivity index (χ0v) is 18.2. The molecule has 2 aliphatic heterocycles. The number of fused-ring (bicyclic) bond motifs is 3. The lowest BCUT2D eigenvalue weighted by Crippen LogP contribution is -2.37. The maximum atomic E-state index is 13.4. The molecule has 2 aliphatic rings. The summed E-state index contributed by atoms with van der Waals surface area (Å²) in [5, 5.41) is 16.8. The third kappa shape index (κ3) is 3.61. The van der Waals surface area contributed by atoms with Crippen LogP contribution in [-0.2, 0) is 17.9 Å². The molecule has 1 saturated heterocycles. The van der Waals surface area contributed by atoms with E-state index < -0.39 is 12.0 Å². The number of carboxylic acids is 1. The second kappa shape index (κ2) is 8.29. The summed E-state index contributed by atoms with van der Waals surface area (Å²) < 4.78 is 5.97. The number of benzene rings is 2. The summed E-state index contributed by atoms with van der Waals surface area (Å²) in [7, 11) is 0. The Morgan fingerprint density at radius 1 is 1.19 bits per heavy atom. The molecule has 0 spiro atoms. The molecule has 3 aromatic rings. The van der Waals surface area contributed by atoms with Crippen LogP contribution in [0.4, 0.5) is 11.4 Å². The number of carbonyl (C=O) groups is 2. The van der Waals surface area contributed by atoms with E-state index in [9.17, 15) is 14.7 Å². The van der Waals surface area contributed by atoms with Gasteiger partial charge in [0.05, 0.1) is 11.3 Å². The van der Waals surface area contributed by atoms with Crippen molar-refractivity contribution in [1.82, 2.24) is 0 Å². The fourth-order valence-corrected chi connectivity index (χ4v) is 5.22. The molecule has 1 fully saturated rings. The van der Waals surface area contributed by atoms with E-state index in [4.69, 9.17) is 10.5 Å². The summed E-state index contributed by atoms with van der Waals surface area (Å²) in [5.74, 6) is -0.502. The molecule has 7 nitrogen and oxygen atoms in total. The highest BCUT2D eigenvalue weighted by Crippen LogP contribution is 2.44. The maximum Gasteiger partial charge on any atom is 0.326 e. The van der Waals surface area contributed by atoms with Crippen molar-refractivity contribution >= 4 is 34.6 Å². The molecule has 164 valence electrons. The molecule has 0 aliphatic carbocycles. The van der Waals surface area contributed by atoms with Gasteiger partial charge in [-0.1, -0.05) is 12.1 Å². The Morgan fingerprint density at radius 3 is 2.75 bits per heavy atom. The van der Waals surface area contributed by atoms with E-state index in [-0.39, 0.29) is 5.91 Å². The van der Waals surface area contributed by atoms with Crippen LogP contribution in [0.3, 0.4) is 0 Å². The number of hydrogen-bond acceptors (Lipinski definition) is 6. The van der Waals surface area contributed by atoms with Crippen molar-refractivity contribution in [2.24, 2.45) is 5.73 Å². The fourth-order valence-electron chi connectivity index (χ4n) is 4.38. The Labute approximate surface area is 189 Å². The second-order valence-corrected chi connectivity index (χ2v) is 8.75. The van der Waals surface area contributed by atoms with E-state index in [0.29, 0.717) is 48.8 Å². The number of ether oxygens (including phenoxy) is 1. The standard InChI is InChI=1S/C24H23N3O4S/c25-10-14-3-5-16(6-4-14)26-23(28)18-8-17-19-13-32-12-15(19)11-31-22(17)9-21(18)27-7-1-2-20(27)24(29)30/h3-6,8-9,12-13,20H,1-2,7,10-11,25H2,(H,26,28)(H,29,30)/t20-/m1/s1. The first kappa shape index (κ1) is 20.5. The topological polar surface area (TPSA) is 105 Å². The van der Waals surface area contributed by atoms with Gasteiger partial charge in [0.2, 0.25) is 0 Å². The van der Waals surface area contributed by atoms with Crippen molar-refractivity contribution in [1.29, 1.82) is 0 Å². The second-order valence-electron chi connectivity index (χ2n) is 8.01. The van der Waals surface area contributed by atoms with Crippen molar-refractivity contribution in [2.75, 3.05) is 16.8 Å². The number of amides is 1. The maximum absolute atomic E-state index is 13.4. The third-order valence-electron chi connectivity index (χ3n) is 6.05. The summed E-state index contributed by atoms with van der Waals surface area (Å²) in [6.07, 6.45) is 1.30. The highest BCUT2D eigenvalue weighted by Gasteiger charge is 2.34. The van der Waals surface area contributed by atoms with Crippen LogP contribution in [-0.4, -0.2) is 29.6 Å². The SMILES string of the molecule is NCc1ccc(NC(=O)c2cc3c(cc2N2CCC[C@@H]2C(=O)O)OCc2cscc2-3)cc1. The summed E-state index contributed by atoms with van der Waals surface area (Å²) in [5.41, 5.74) is 11.3. The van der Waals surface area contributed by atoms with Crippen LogP contribution < -0.4 is 20.7 Å². The summed E-state index contributed by atoms with van der Waals surface area (Å²) in [6.45, 7) is 1.47. The summed E-state index contributed by atoms with van der Waals surface area (Å²) in [4.78, 5) is 27.1. The van der Waals surface area contributed by atoms with Crippen molar-refractivity contribution in [3.05, 3.63) is 63.8 Å². The van der Waals surface area contributed by atoms with Gasteiger partial charge < -0.3 is 25.8 Å². The minimum absolute atomic E-state index is 0.290. The molecular weight excluding hydrogens is 426 g/mol. The molecular formula is C24H23N3O4S. The van der Waals surface area contributed by atoms with E-state index in [1.165, 1.54) is 0 Å². The fraction of sp³-hybridized carbons (Fsp3) is 0.250. The summed E-state index contributed by atoms with van der Waals surface area (Å²) >= 11 is 1.59. The quantitative estimate of drug-likeness (QED) is 0.542. The van der Waals surface area contributed by atoms with Crippen molar-refractivity contribution in [3.63, 3.8) is 0 Å².